The molecule has 0 spiro atoms. The number of nitrogens with zero attached hydrogens (tertiary/aromatic N) is 4. The Morgan fingerprint density at radius 2 is 2.10 bits per heavy atom. The van der Waals surface area contributed by atoms with Crippen molar-refractivity contribution in [2.45, 2.75) is 5.16 Å². The first kappa shape index (κ1) is 15.0. The number of carboxylic acids is 1. The third-order valence-corrected chi connectivity index (χ3v) is 3.81. The van der Waals surface area contributed by atoms with Gasteiger partial charge in [0.25, 0.3) is 0 Å². The van der Waals surface area contributed by atoms with Crippen LogP contribution in [0.25, 0.3) is 0 Å². The van der Waals surface area contributed by atoms with Crippen LogP contribution in [0, 0.1) is 0 Å². The normalized spacial score (nSPS) is 16.4. The number of aromatic carboxylic acids is 1. The van der Waals surface area contributed by atoms with Gasteiger partial charge in [-0.3, -0.25) is 4.90 Å². The summed E-state index contributed by atoms with van der Waals surface area (Å²) in [4.78, 5) is 23.7. The van der Waals surface area contributed by atoms with Gasteiger partial charge in [-0.1, -0.05) is 11.8 Å². The molecule has 1 aromatic rings. The van der Waals surface area contributed by atoms with E-state index < -0.39 is 5.97 Å². The minimum absolute atomic E-state index is 0.137. The predicted octanol–water partition coefficient (Wildman–Crippen LogP) is 0.0110. The molecule has 2 rings (SSSR count). The van der Waals surface area contributed by atoms with Crippen molar-refractivity contribution >= 4 is 23.5 Å². The molecule has 1 aliphatic rings. The molecule has 0 saturated carbocycles. The van der Waals surface area contributed by atoms with Crippen molar-refractivity contribution in [1.82, 2.24) is 14.9 Å². The summed E-state index contributed by atoms with van der Waals surface area (Å²) >= 11 is 1.39. The Hall–Kier alpha value is -1.38. The molecule has 0 aromatic carbocycles. The van der Waals surface area contributed by atoms with Gasteiger partial charge in [0.2, 0.25) is 0 Å². The fraction of sp³-hybridized carbons (Fsp3) is 0.583. The van der Waals surface area contributed by atoms with E-state index in [0.29, 0.717) is 30.6 Å². The maximum absolute atomic E-state index is 11.3. The molecule has 2 heterocycles. The Balaban J connectivity index is 2.17. The molecule has 0 radical (unpaired) electrons. The zero-order valence-corrected chi connectivity index (χ0v) is 12.1. The summed E-state index contributed by atoms with van der Waals surface area (Å²) in [5, 5.41) is 18.7. The number of thioether (sulfide) groups is 1. The Labute approximate surface area is 121 Å². The van der Waals surface area contributed by atoms with E-state index in [0.717, 1.165) is 13.1 Å². The summed E-state index contributed by atoms with van der Waals surface area (Å²) in [7, 11) is 0. The van der Waals surface area contributed by atoms with Gasteiger partial charge in [0.15, 0.2) is 5.16 Å². The molecular weight excluding hydrogens is 280 g/mol. The fourth-order valence-corrected chi connectivity index (χ4v) is 2.51. The maximum atomic E-state index is 11.3. The molecule has 7 nitrogen and oxygen atoms in total. The van der Waals surface area contributed by atoms with Crippen molar-refractivity contribution in [1.29, 1.82) is 0 Å². The Kier molecular flexibility index (Phi) is 5.16. The molecule has 8 heteroatoms. The van der Waals surface area contributed by atoms with Crippen molar-refractivity contribution in [3.05, 3.63) is 11.8 Å². The standard InChI is InChI=1S/C12H18N4O3S/c1-20-12-13-8-9(11(18)19)10(14-12)16-4-2-15(3-5-16)6-7-17/h8,17H,2-7H2,1H3,(H,18,19). The summed E-state index contributed by atoms with van der Waals surface area (Å²) in [6.07, 6.45) is 3.23. The highest BCUT2D eigenvalue weighted by atomic mass is 32.2. The van der Waals surface area contributed by atoms with E-state index in [4.69, 9.17) is 5.11 Å². The molecule has 0 aliphatic carbocycles. The monoisotopic (exact) mass is 298 g/mol. The first-order chi connectivity index (χ1) is 9.65. The molecule has 0 amide bonds. The number of aliphatic hydroxyl groups is 1. The zero-order valence-electron chi connectivity index (χ0n) is 11.3. The number of hydrogen-bond acceptors (Lipinski definition) is 7. The van der Waals surface area contributed by atoms with Crippen LogP contribution in [0.5, 0.6) is 0 Å². The van der Waals surface area contributed by atoms with Crippen molar-refractivity contribution in [2.75, 3.05) is 50.5 Å². The van der Waals surface area contributed by atoms with Gasteiger partial charge in [0.1, 0.15) is 11.4 Å². The summed E-state index contributed by atoms with van der Waals surface area (Å²) < 4.78 is 0. The number of hydrogen-bond donors (Lipinski definition) is 2. The highest BCUT2D eigenvalue weighted by Gasteiger charge is 2.23. The van der Waals surface area contributed by atoms with E-state index in [1.165, 1.54) is 18.0 Å². The molecule has 20 heavy (non-hydrogen) atoms. The van der Waals surface area contributed by atoms with Crippen molar-refractivity contribution in [2.24, 2.45) is 0 Å². The second kappa shape index (κ2) is 6.87. The average Bonchev–Trinajstić information content (AvgIpc) is 2.47. The summed E-state index contributed by atoms with van der Waals surface area (Å²) in [5.74, 6) is -0.522. The van der Waals surface area contributed by atoms with Gasteiger partial charge in [0, 0.05) is 38.9 Å². The Morgan fingerprint density at radius 1 is 1.40 bits per heavy atom. The van der Waals surface area contributed by atoms with Crippen molar-refractivity contribution in [3.8, 4) is 0 Å². The van der Waals surface area contributed by atoms with E-state index >= 15 is 0 Å². The molecule has 0 bridgehead atoms. The highest BCUT2D eigenvalue weighted by molar-refractivity contribution is 7.98. The molecule has 1 aliphatic heterocycles. The molecule has 1 fully saturated rings. The van der Waals surface area contributed by atoms with Crippen LogP contribution in [0.2, 0.25) is 0 Å². The molecule has 1 saturated heterocycles. The molecule has 1 aromatic heterocycles. The number of carboxylic acid groups (broad SMARTS) is 1. The van der Waals surface area contributed by atoms with E-state index in [1.807, 2.05) is 11.2 Å². The number of anilines is 1. The van der Waals surface area contributed by atoms with Gasteiger partial charge < -0.3 is 15.1 Å². The largest absolute Gasteiger partial charge is 0.477 e. The molecule has 2 N–H and O–H groups in total. The van der Waals surface area contributed by atoms with Crippen LogP contribution >= 0.6 is 11.8 Å². The zero-order chi connectivity index (χ0) is 14.5. The third kappa shape index (κ3) is 3.38. The van der Waals surface area contributed by atoms with E-state index in [-0.39, 0.29) is 12.2 Å². The first-order valence-electron chi connectivity index (χ1n) is 6.38. The van der Waals surface area contributed by atoms with E-state index in [2.05, 4.69) is 14.9 Å². The lowest BCUT2D eigenvalue weighted by atomic mass is 10.2. The van der Waals surface area contributed by atoms with Gasteiger partial charge in [-0.2, -0.15) is 0 Å². The van der Waals surface area contributed by atoms with Gasteiger partial charge in [-0.15, -0.1) is 0 Å². The van der Waals surface area contributed by atoms with Crippen molar-refractivity contribution in [3.63, 3.8) is 0 Å². The SMILES string of the molecule is CSc1ncc(C(=O)O)c(N2CCN(CCO)CC2)n1. The van der Waals surface area contributed by atoms with E-state index in [1.54, 1.807) is 0 Å². The van der Waals surface area contributed by atoms with E-state index in [9.17, 15) is 9.90 Å². The highest BCUT2D eigenvalue weighted by Crippen LogP contribution is 2.22. The smallest absolute Gasteiger partial charge is 0.341 e. The number of aliphatic hydroxyl groups excluding tert-OH is 1. The lowest BCUT2D eigenvalue weighted by Gasteiger charge is -2.35. The minimum Gasteiger partial charge on any atom is -0.477 e. The lowest BCUT2D eigenvalue weighted by Crippen LogP contribution is -2.48. The van der Waals surface area contributed by atoms with Crippen LogP contribution in [-0.2, 0) is 0 Å². The van der Waals surface area contributed by atoms with Crippen LogP contribution < -0.4 is 4.90 Å². The van der Waals surface area contributed by atoms with Crippen LogP contribution in [0.15, 0.2) is 11.4 Å². The number of aromatic nitrogens is 2. The van der Waals surface area contributed by atoms with Gasteiger partial charge >= 0.3 is 5.97 Å². The molecule has 0 unspecified atom stereocenters. The molecular formula is C12H18N4O3S. The second-order valence-corrected chi connectivity index (χ2v) is 5.22. The Morgan fingerprint density at radius 3 is 2.65 bits per heavy atom. The van der Waals surface area contributed by atoms with Gasteiger partial charge in [-0.25, -0.2) is 14.8 Å². The first-order valence-corrected chi connectivity index (χ1v) is 7.60. The summed E-state index contributed by atoms with van der Waals surface area (Å²) in [6.45, 7) is 3.77. The number of β-amino-alcohol motifs (C(OH)–C–C–N with tert-alkyl or cyclic N) is 1. The number of carbonyl (C=O) groups is 1. The molecule has 110 valence electrons. The lowest BCUT2D eigenvalue weighted by molar-refractivity contribution is 0.0696. The fourth-order valence-electron chi connectivity index (χ4n) is 2.17. The van der Waals surface area contributed by atoms with Crippen LogP contribution in [0.3, 0.4) is 0 Å². The number of piperazine rings is 1. The van der Waals surface area contributed by atoms with Gasteiger partial charge in [-0.05, 0) is 6.26 Å². The Bertz CT molecular complexity index is 478. The third-order valence-electron chi connectivity index (χ3n) is 3.25. The minimum atomic E-state index is -1.01. The summed E-state index contributed by atoms with van der Waals surface area (Å²) in [5.41, 5.74) is 0.137. The maximum Gasteiger partial charge on any atom is 0.341 e. The van der Waals surface area contributed by atoms with Crippen LogP contribution in [0.1, 0.15) is 10.4 Å². The second-order valence-electron chi connectivity index (χ2n) is 4.45. The van der Waals surface area contributed by atoms with Crippen LogP contribution in [0.4, 0.5) is 5.82 Å². The topological polar surface area (TPSA) is 89.8 Å². The number of rotatable bonds is 5. The molecule has 0 atom stereocenters. The quantitative estimate of drug-likeness (QED) is 0.580. The van der Waals surface area contributed by atoms with Gasteiger partial charge in [0.05, 0.1) is 6.61 Å². The predicted molar refractivity (Wildman–Crippen MR) is 76.5 cm³/mol. The van der Waals surface area contributed by atoms with Crippen LogP contribution in [-0.4, -0.2) is 76.6 Å². The average molecular weight is 298 g/mol. The summed E-state index contributed by atoms with van der Waals surface area (Å²) in [6, 6.07) is 0. The van der Waals surface area contributed by atoms with Crippen molar-refractivity contribution < 1.29 is 15.0 Å².